The van der Waals surface area contributed by atoms with E-state index in [1.54, 1.807) is 18.3 Å². The van der Waals surface area contributed by atoms with Gasteiger partial charge in [-0.1, -0.05) is 12.1 Å². The number of carbonyl (C=O) groups excluding carboxylic acids is 1. The molecule has 0 saturated carbocycles. The minimum atomic E-state index is -1.07. The number of amides is 1. The van der Waals surface area contributed by atoms with Crippen molar-refractivity contribution in [3.8, 4) is 0 Å². The molecule has 132 valence electrons. The molecule has 0 unspecified atom stereocenters. The predicted molar refractivity (Wildman–Crippen MR) is 97.7 cm³/mol. The molecule has 0 spiro atoms. The Balaban J connectivity index is 1.70. The van der Waals surface area contributed by atoms with Crippen LogP contribution in [0, 0.1) is 25.5 Å². The number of hydrogen-bond acceptors (Lipinski definition) is 3. The number of nitrogens with one attached hydrogen (secondary N) is 2. The van der Waals surface area contributed by atoms with Gasteiger partial charge in [-0.05, 0) is 61.4 Å². The van der Waals surface area contributed by atoms with Gasteiger partial charge in [0.2, 0.25) is 0 Å². The van der Waals surface area contributed by atoms with E-state index in [4.69, 9.17) is 0 Å². The van der Waals surface area contributed by atoms with Crippen LogP contribution in [0.2, 0.25) is 0 Å². The second-order valence-electron chi connectivity index (χ2n) is 5.96. The average Bonchev–Trinajstić information content (AvgIpc) is 2.62. The van der Waals surface area contributed by atoms with E-state index in [1.807, 2.05) is 32.0 Å². The summed E-state index contributed by atoms with van der Waals surface area (Å²) in [5, 5.41) is 5.82. The molecule has 0 aliphatic rings. The van der Waals surface area contributed by atoms with Gasteiger partial charge < -0.3 is 10.6 Å². The SMILES string of the molecule is Cc1ccc(C)c(Nc2ccc(NC(=O)c3ccc(F)c(F)c3)nc2)c1. The van der Waals surface area contributed by atoms with Crippen molar-refractivity contribution in [2.75, 3.05) is 10.6 Å². The van der Waals surface area contributed by atoms with Crippen molar-refractivity contribution in [3.63, 3.8) is 0 Å². The van der Waals surface area contributed by atoms with Crippen LogP contribution in [0.15, 0.2) is 54.7 Å². The number of aromatic nitrogens is 1. The van der Waals surface area contributed by atoms with Gasteiger partial charge in [0, 0.05) is 11.3 Å². The van der Waals surface area contributed by atoms with Crippen molar-refractivity contribution in [1.82, 2.24) is 4.98 Å². The lowest BCUT2D eigenvalue weighted by atomic mass is 10.1. The zero-order chi connectivity index (χ0) is 18.7. The highest BCUT2D eigenvalue weighted by Gasteiger charge is 2.10. The largest absolute Gasteiger partial charge is 0.354 e. The van der Waals surface area contributed by atoms with Gasteiger partial charge in [-0.3, -0.25) is 4.79 Å². The van der Waals surface area contributed by atoms with Crippen LogP contribution < -0.4 is 10.6 Å². The summed E-state index contributed by atoms with van der Waals surface area (Å²) in [5.74, 6) is -2.32. The molecule has 1 amide bonds. The summed E-state index contributed by atoms with van der Waals surface area (Å²) in [4.78, 5) is 16.2. The van der Waals surface area contributed by atoms with E-state index in [2.05, 4.69) is 15.6 Å². The lowest BCUT2D eigenvalue weighted by molar-refractivity contribution is 0.102. The molecule has 0 bridgehead atoms. The van der Waals surface area contributed by atoms with Gasteiger partial charge in [-0.2, -0.15) is 0 Å². The highest BCUT2D eigenvalue weighted by Crippen LogP contribution is 2.22. The molecule has 4 nitrogen and oxygen atoms in total. The maximum absolute atomic E-state index is 13.2. The third-order valence-electron chi connectivity index (χ3n) is 3.86. The quantitative estimate of drug-likeness (QED) is 0.696. The molecule has 0 fully saturated rings. The van der Waals surface area contributed by atoms with Crippen LogP contribution in [-0.4, -0.2) is 10.9 Å². The second kappa shape index (κ2) is 7.31. The van der Waals surface area contributed by atoms with Gasteiger partial charge in [0.1, 0.15) is 5.82 Å². The number of pyridine rings is 1. The Morgan fingerprint density at radius 2 is 1.77 bits per heavy atom. The van der Waals surface area contributed by atoms with E-state index in [-0.39, 0.29) is 5.56 Å². The fourth-order valence-corrected chi connectivity index (χ4v) is 2.39. The minimum absolute atomic E-state index is 0.0169. The standard InChI is InChI=1S/C20H17F2N3O/c1-12-3-4-13(2)18(9-12)24-15-6-8-19(23-11-15)25-20(26)14-5-7-16(21)17(22)10-14/h3-11,24H,1-2H3,(H,23,25,26). The summed E-state index contributed by atoms with van der Waals surface area (Å²) in [6.45, 7) is 4.02. The first-order chi connectivity index (χ1) is 12.4. The van der Waals surface area contributed by atoms with Gasteiger partial charge >= 0.3 is 0 Å². The first-order valence-electron chi connectivity index (χ1n) is 7.99. The summed E-state index contributed by atoms with van der Waals surface area (Å²) >= 11 is 0. The molecule has 6 heteroatoms. The highest BCUT2D eigenvalue weighted by atomic mass is 19.2. The molecule has 1 heterocycles. The molecule has 0 radical (unpaired) electrons. The van der Waals surface area contributed by atoms with Crippen molar-refractivity contribution in [1.29, 1.82) is 0 Å². The lowest BCUT2D eigenvalue weighted by Crippen LogP contribution is -2.13. The van der Waals surface area contributed by atoms with Gasteiger partial charge in [-0.25, -0.2) is 13.8 Å². The Bertz CT molecular complexity index is 956. The molecule has 2 N–H and O–H groups in total. The summed E-state index contributed by atoms with van der Waals surface area (Å²) in [7, 11) is 0. The minimum Gasteiger partial charge on any atom is -0.354 e. The molecule has 0 atom stereocenters. The Hall–Kier alpha value is -3.28. The van der Waals surface area contributed by atoms with Crippen LogP contribution >= 0.6 is 0 Å². The van der Waals surface area contributed by atoms with Crippen LogP contribution in [0.4, 0.5) is 26.0 Å². The molecule has 0 aliphatic carbocycles. The molecule has 0 saturated heterocycles. The molecule has 2 aromatic carbocycles. The number of anilines is 3. The van der Waals surface area contributed by atoms with Crippen LogP contribution in [0.1, 0.15) is 21.5 Å². The van der Waals surface area contributed by atoms with Crippen molar-refractivity contribution >= 4 is 23.1 Å². The summed E-state index contributed by atoms with van der Waals surface area (Å²) in [6, 6.07) is 12.5. The number of benzene rings is 2. The van der Waals surface area contributed by atoms with Crippen LogP contribution in [0.25, 0.3) is 0 Å². The maximum atomic E-state index is 13.2. The fourth-order valence-electron chi connectivity index (χ4n) is 2.39. The van der Waals surface area contributed by atoms with E-state index < -0.39 is 17.5 Å². The van der Waals surface area contributed by atoms with Crippen LogP contribution in [-0.2, 0) is 0 Å². The molecular formula is C20H17F2N3O. The molecule has 3 rings (SSSR count). The van der Waals surface area contributed by atoms with Crippen molar-refractivity contribution in [2.24, 2.45) is 0 Å². The number of nitrogens with zero attached hydrogens (tertiary/aromatic N) is 1. The summed E-state index contributed by atoms with van der Waals surface area (Å²) < 4.78 is 26.2. The number of aryl methyl sites for hydroxylation is 2. The number of halogens is 2. The Kier molecular flexibility index (Phi) is 4.93. The zero-order valence-electron chi connectivity index (χ0n) is 14.3. The number of rotatable bonds is 4. The van der Waals surface area contributed by atoms with Crippen molar-refractivity contribution in [3.05, 3.63) is 83.1 Å². The van der Waals surface area contributed by atoms with Gasteiger partial charge in [0.05, 0.1) is 11.9 Å². The fraction of sp³-hybridized carbons (Fsp3) is 0.100. The van der Waals surface area contributed by atoms with E-state index >= 15 is 0 Å². The molecule has 3 aromatic rings. The molecular weight excluding hydrogens is 336 g/mol. The van der Waals surface area contributed by atoms with E-state index in [0.29, 0.717) is 5.82 Å². The predicted octanol–water partition coefficient (Wildman–Crippen LogP) is 4.97. The Morgan fingerprint density at radius 3 is 2.46 bits per heavy atom. The van der Waals surface area contributed by atoms with Crippen molar-refractivity contribution < 1.29 is 13.6 Å². The van der Waals surface area contributed by atoms with E-state index in [9.17, 15) is 13.6 Å². The average molecular weight is 353 g/mol. The zero-order valence-corrected chi connectivity index (χ0v) is 14.3. The van der Waals surface area contributed by atoms with Gasteiger partial charge in [0.25, 0.3) is 5.91 Å². The van der Waals surface area contributed by atoms with Crippen molar-refractivity contribution in [2.45, 2.75) is 13.8 Å². The number of carbonyl (C=O) groups is 1. The van der Waals surface area contributed by atoms with E-state index in [1.165, 1.54) is 6.07 Å². The number of hydrogen-bond donors (Lipinski definition) is 2. The van der Waals surface area contributed by atoms with Gasteiger partial charge in [-0.15, -0.1) is 0 Å². The summed E-state index contributed by atoms with van der Waals surface area (Å²) in [5.41, 5.74) is 4.01. The lowest BCUT2D eigenvalue weighted by Gasteiger charge is -2.11. The Labute approximate surface area is 149 Å². The third-order valence-corrected chi connectivity index (χ3v) is 3.86. The topological polar surface area (TPSA) is 54.0 Å². The monoisotopic (exact) mass is 353 g/mol. The molecule has 26 heavy (non-hydrogen) atoms. The van der Waals surface area contributed by atoms with Crippen LogP contribution in [0.3, 0.4) is 0 Å². The smallest absolute Gasteiger partial charge is 0.256 e. The van der Waals surface area contributed by atoms with Gasteiger partial charge in [0.15, 0.2) is 11.6 Å². The van der Waals surface area contributed by atoms with E-state index in [0.717, 1.165) is 34.6 Å². The Morgan fingerprint density at radius 1 is 0.962 bits per heavy atom. The normalized spacial score (nSPS) is 10.5. The summed E-state index contributed by atoms with van der Waals surface area (Å²) in [6.07, 6.45) is 1.59. The molecule has 1 aromatic heterocycles. The molecule has 0 aliphatic heterocycles. The highest BCUT2D eigenvalue weighted by molar-refractivity contribution is 6.03. The second-order valence-corrected chi connectivity index (χ2v) is 5.96. The maximum Gasteiger partial charge on any atom is 0.256 e. The first kappa shape index (κ1) is 17.5. The van der Waals surface area contributed by atoms with Crippen LogP contribution in [0.5, 0.6) is 0 Å². The third kappa shape index (κ3) is 4.03. The first-order valence-corrected chi connectivity index (χ1v) is 7.99.